The Bertz CT molecular complexity index is 1220. The minimum absolute atomic E-state index is 0.0185. The molecule has 1 aromatic rings. The summed E-state index contributed by atoms with van der Waals surface area (Å²) in [5, 5.41) is 6.62. The van der Waals surface area contributed by atoms with Gasteiger partial charge in [-0.15, -0.1) is 0 Å². The number of likely N-dealkylation sites (N-methyl/N-ethyl adjacent to an activating group) is 1. The average Bonchev–Trinajstić information content (AvgIpc) is 3.77. The fraction of sp³-hybridized carbons (Fsp3) is 0.516. The Hall–Kier alpha value is -3.50. The van der Waals surface area contributed by atoms with Crippen LogP contribution in [0.25, 0.3) is 0 Å². The number of amidine groups is 1. The van der Waals surface area contributed by atoms with Crippen LogP contribution in [-0.4, -0.2) is 99.4 Å². The molecule has 220 valence electrons. The zero-order valence-corrected chi connectivity index (χ0v) is 24.4. The van der Waals surface area contributed by atoms with Crippen molar-refractivity contribution in [1.82, 2.24) is 20.4 Å². The van der Waals surface area contributed by atoms with E-state index in [1.54, 1.807) is 43.5 Å². The fourth-order valence-corrected chi connectivity index (χ4v) is 5.62. The number of carbonyl (C=O) groups excluding carboxylic acids is 2. The smallest absolute Gasteiger partial charge is 0.251 e. The maximum atomic E-state index is 13.5. The van der Waals surface area contributed by atoms with Crippen molar-refractivity contribution in [1.29, 1.82) is 0 Å². The molecule has 2 N–H and O–H groups in total. The molecule has 1 heterocycles. The molecule has 0 spiro atoms. The standard InChI is InChI=1S/C31H42FN7O2/c1-31(13-11-24(32)12-14-31)25-20-27(25)35-15-5-6-26(30(41)39-18-16-38(4)17-19-39)37-29(40)23-9-7-22(8-10-23)28(34-3)36-21-33-2/h7-13,21,25-27,35H,2,5-6,14-20H2,1,3-4H3,(H,37,40)/t25-,26+,27-,31?/m1/s1. The summed E-state index contributed by atoms with van der Waals surface area (Å²) < 4.78 is 13.4. The molecule has 9 nitrogen and oxygen atoms in total. The first kappa shape index (κ1) is 30.5. The van der Waals surface area contributed by atoms with E-state index in [1.165, 1.54) is 6.34 Å². The van der Waals surface area contributed by atoms with Crippen LogP contribution in [0.5, 0.6) is 0 Å². The summed E-state index contributed by atoms with van der Waals surface area (Å²) in [5.41, 5.74) is 1.19. The van der Waals surface area contributed by atoms with E-state index in [0.717, 1.165) is 44.5 Å². The molecular weight excluding hydrogens is 521 g/mol. The maximum absolute atomic E-state index is 13.5. The number of nitrogens with one attached hydrogen (secondary N) is 2. The van der Waals surface area contributed by atoms with Crippen LogP contribution in [0.2, 0.25) is 0 Å². The van der Waals surface area contributed by atoms with Crippen LogP contribution in [0.4, 0.5) is 4.39 Å². The lowest BCUT2D eigenvalue weighted by molar-refractivity contribution is -0.135. The zero-order valence-electron chi connectivity index (χ0n) is 24.4. The molecule has 0 aromatic heterocycles. The summed E-state index contributed by atoms with van der Waals surface area (Å²) in [7, 11) is 3.68. The number of aliphatic imine (C=N–C) groups is 3. The van der Waals surface area contributed by atoms with E-state index in [1.807, 2.05) is 18.0 Å². The van der Waals surface area contributed by atoms with Gasteiger partial charge in [-0.2, -0.15) is 0 Å². The lowest BCUT2D eigenvalue weighted by atomic mass is 9.78. The first-order chi connectivity index (χ1) is 19.7. The molecular formula is C31H42FN7O2. The largest absolute Gasteiger partial charge is 0.340 e. The van der Waals surface area contributed by atoms with E-state index in [2.05, 4.69) is 44.2 Å². The Morgan fingerprint density at radius 3 is 2.54 bits per heavy atom. The SMILES string of the molecule is C=NC=NC(=NC)c1ccc(C(=O)N[C@@H](CCCN[C@@H]2C[C@H]2C2(C)C=CC(F)=CC2)C(=O)N2CCN(C)CC2)cc1. The van der Waals surface area contributed by atoms with E-state index in [9.17, 15) is 14.0 Å². The second kappa shape index (κ2) is 13.9. The van der Waals surface area contributed by atoms with Crippen molar-refractivity contribution < 1.29 is 14.0 Å². The van der Waals surface area contributed by atoms with Gasteiger partial charge in [-0.3, -0.25) is 19.6 Å². The van der Waals surface area contributed by atoms with Crippen molar-refractivity contribution in [2.75, 3.05) is 46.8 Å². The second-order valence-electron chi connectivity index (χ2n) is 11.4. The molecule has 3 aliphatic rings. The topological polar surface area (TPSA) is 102 Å². The Labute approximate surface area is 242 Å². The molecule has 0 bridgehead atoms. The van der Waals surface area contributed by atoms with Crippen LogP contribution >= 0.6 is 0 Å². The van der Waals surface area contributed by atoms with Gasteiger partial charge in [0.2, 0.25) is 5.91 Å². The first-order valence-electron chi connectivity index (χ1n) is 14.4. The molecule has 2 amide bonds. The van der Waals surface area contributed by atoms with Gasteiger partial charge in [0.15, 0.2) is 5.84 Å². The van der Waals surface area contributed by atoms with E-state index < -0.39 is 6.04 Å². The zero-order chi connectivity index (χ0) is 29.4. The molecule has 41 heavy (non-hydrogen) atoms. The van der Waals surface area contributed by atoms with Gasteiger partial charge in [-0.05, 0) is 81.6 Å². The van der Waals surface area contributed by atoms with Crippen LogP contribution in [-0.2, 0) is 4.79 Å². The number of nitrogens with zero attached hydrogens (tertiary/aromatic N) is 5. The minimum Gasteiger partial charge on any atom is -0.340 e. The number of hydrogen-bond donors (Lipinski definition) is 2. The van der Waals surface area contributed by atoms with Gasteiger partial charge in [0.1, 0.15) is 18.2 Å². The van der Waals surface area contributed by atoms with Gasteiger partial charge in [0, 0.05) is 50.4 Å². The lowest BCUT2D eigenvalue weighted by Crippen LogP contribution is -2.54. The Kier molecular flexibility index (Phi) is 10.3. The highest BCUT2D eigenvalue weighted by atomic mass is 19.1. The van der Waals surface area contributed by atoms with E-state index in [4.69, 9.17) is 0 Å². The quantitative estimate of drug-likeness (QED) is 0.245. The van der Waals surface area contributed by atoms with E-state index >= 15 is 0 Å². The third kappa shape index (κ3) is 8.04. The minimum atomic E-state index is -0.606. The molecule has 1 saturated carbocycles. The van der Waals surface area contributed by atoms with E-state index in [0.29, 0.717) is 42.9 Å². The van der Waals surface area contributed by atoms with Gasteiger partial charge in [0.25, 0.3) is 5.91 Å². The summed E-state index contributed by atoms with van der Waals surface area (Å²) in [6, 6.07) is 6.75. The van der Waals surface area contributed by atoms with Crippen LogP contribution in [0.15, 0.2) is 63.3 Å². The van der Waals surface area contributed by atoms with Gasteiger partial charge < -0.3 is 20.4 Å². The normalized spacial score (nSPS) is 25.6. The highest BCUT2D eigenvalue weighted by molar-refractivity contribution is 6.04. The van der Waals surface area contributed by atoms with Crippen LogP contribution in [0, 0.1) is 11.3 Å². The summed E-state index contributed by atoms with van der Waals surface area (Å²) in [6.07, 6.45) is 9.65. The van der Waals surface area contributed by atoms with Crippen LogP contribution < -0.4 is 10.6 Å². The van der Waals surface area contributed by atoms with Gasteiger partial charge >= 0.3 is 0 Å². The number of amides is 2. The van der Waals surface area contributed by atoms with Crippen molar-refractivity contribution in [2.24, 2.45) is 26.3 Å². The average molecular weight is 564 g/mol. The number of benzene rings is 1. The molecule has 1 saturated heterocycles. The maximum Gasteiger partial charge on any atom is 0.251 e. The lowest BCUT2D eigenvalue weighted by Gasteiger charge is -2.35. The number of allylic oxidation sites excluding steroid dienone is 4. The summed E-state index contributed by atoms with van der Waals surface area (Å²) in [4.78, 5) is 42.7. The molecule has 2 fully saturated rings. The Balaban J connectivity index is 1.34. The predicted molar refractivity (Wildman–Crippen MR) is 162 cm³/mol. The summed E-state index contributed by atoms with van der Waals surface area (Å²) in [6.45, 7) is 9.26. The summed E-state index contributed by atoms with van der Waals surface area (Å²) >= 11 is 0. The second-order valence-corrected chi connectivity index (χ2v) is 11.4. The summed E-state index contributed by atoms with van der Waals surface area (Å²) in [5.74, 6) is 0.479. The number of rotatable bonds is 11. The molecule has 10 heteroatoms. The highest BCUT2D eigenvalue weighted by Gasteiger charge is 2.48. The van der Waals surface area contributed by atoms with E-state index in [-0.39, 0.29) is 23.1 Å². The predicted octanol–water partition coefficient (Wildman–Crippen LogP) is 3.24. The van der Waals surface area contributed by atoms with Crippen LogP contribution in [0.3, 0.4) is 0 Å². The Morgan fingerprint density at radius 1 is 1.20 bits per heavy atom. The molecule has 1 unspecified atom stereocenters. The monoisotopic (exact) mass is 563 g/mol. The number of halogens is 1. The Morgan fingerprint density at radius 2 is 1.90 bits per heavy atom. The van der Waals surface area contributed by atoms with Gasteiger partial charge in [0.05, 0.1) is 0 Å². The third-order valence-electron chi connectivity index (χ3n) is 8.37. The molecule has 0 radical (unpaired) electrons. The van der Waals surface area contributed by atoms with Crippen molar-refractivity contribution in [3.63, 3.8) is 0 Å². The van der Waals surface area contributed by atoms with Crippen LogP contribution in [0.1, 0.15) is 48.5 Å². The van der Waals surface area contributed by atoms with Crippen molar-refractivity contribution >= 4 is 30.7 Å². The van der Waals surface area contributed by atoms with Crippen molar-refractivity contribution in [3.05, 3.63) is 59.4 Å². The van der Waals surface area contributed by atoms with Gasteiger partial charge in [-0.25, -0.2) is 9.38 Å². The number of carbonyl (C=O) groups is 2. The highest BCUT2D eigenvalue weighted by Crippen LogP contribution is 2.50. The number of hydrogen-bond acceptors (Lipinski definition) is 5. The molecule has 4 rings (SSSR count). The van der Waals surface area contributed by atoms with Gasteiger partial charge in [-0.1, -0.05) is 25.1 Å². The first-order valence-corrected chi connectivity index (χ1v) is 14.4. The third-order valence-corrected chi connectivity index (χ3v) is 8.37. The fourth-order valence-electron chi connectivity index (χ4n) is 5.62. The molecule has 1 aliphatic heterocycles. The molecule has 1 aromatic carbocycles. The number of piperazine rings is 1. The molecule has 4 atom stereocenters. The van der Waals surface area contributed by atoms with Crippen molar-refractivity contribution in [3.8, 4) is 0 Å². The molecule has 2 aliphatic carbocycles. The van der Waals surface area contributed by atoms with Crippen molar-refractivity contribution in [2.45, 2.75) is 44.7 Å².